The fourth-order valence-corrected chi connectivity index (χ4v) is 8.54. The van der Waals surface area contributed by atoms with Crippen LogP contribution in [0, 0.1) is 29.4 Å². The molecule has 3 aromatic carbocycles. The minimum Gasteiger partial charge on any atom is -0.508 e. The molecule has 3 saturated heterocycles. The Kier molecular flexibility index (Phi) is 7.05. The summed E-state index contributed by atoms with van der Waals surface area (Å²) in [5.41, 5.74) is 0.661. The van der Waals surface area contributed by atoms with Gasteiger partial charge in [-0.15, -0.1) is 6.42 Å². The van der Waals surface area contributed by atoms with Gasteiger partial charge in [-0.25, -0.2) is 8.78 Å². The second kappa shape index (κ2) is 11.3. The lowest BCUT2D eigenvalue weighted by Crippen LogP contribution is -2.56. The first-order valence-electron chi connectivity index (χ1n) is 17.2. The molecule has 2 saturated carbocycles. The van der Waals surface area contributed by atoms with Crippen LogP contribution in [0.25, 0.3) is 32.8 Å². The van der Waals surface area contributed by atoms with Crippen molar-refractivity contribution in [2.24, 2.45) is 5.41 Å². The largest absolute Gasteiger partial charge is 0.508 e. The quantitative estimate of drug-likeness (QED) is 0.244. The maximum atomic E-state index is 16.9. The van der Waals surface area contributed by atoms with E-state index >= 15 is 4.39 Å². The molecule has 3 aliphatic heterocycles. The fraction of sp³-hybridized carbons (Fsp3) is 0.474. The second-order valence-corrected chi connectivity index (χ2v) is 14.7. The fourth-order valence-electron chi connectivity index (χ4n) is 8.54. The number of anilines is 1. The average molecular weight is 652 g/mol. The van der Waals surface area contributed by atoms with Crippen molar-refractivity contribution in [3.63, 3.8) is 0 Å². The summed E-state index contributed by atoms with van der Waals surface area (Å²) in [6.07, 6.45) is 13.6. The second-order valence-electron chi connectivity index (χ2n) is 14.7. The number of piperazine rings is 1. The van der Waals surface area contributed by atoms with Crippen LogP contribution < -0.4 is 15.0 Å². The van der Waals surface area contributed by atoms with E-state index < -0.39 is 11.6 Å². The SMILES string of the molecule is C#Cc1c(F)ccc2cc(O)cc(-c3ccc4c(N5CC6CCC(C5)N6)nc(OCC5(CN6CCOC7(CCC7)C6)CC5)nc4c3F)c12. The molecule has 1 aromatic heterocycles. The Bertz CT molecular complexity index is 1980. The van der Waals surface area contributed by atoms with Crippen molar-refractivity contribution in [3.05, 3.63) is 53.6 Å². The highest BCUT2D eigenvalue weighted by Gasteiger charge is 2.48. The zero-order valence-corrected chi connectivity index (χ0v) is 26.9. The van der Waals surface area contributed by atoms with Crippen molar-refractivity contribution in [1.82, 2.24) is 20.2 Å². The van der Waals surface area contributed by atoms with E-state index in [1.807, 2.05) is 6.07 Å². The summed E-state index contributed by atoms with van der Waals surface area (Å²) in [5.74, 6) is 1.83. The highest BCUT2D eigenvalue weighted by Crippen LogP contribution is 2.48. The molecule has 2 bridgehead atoms. The number of nitrogens with zero attached hydrogens (tertiary/aromatic N) is 4. The Morgan fingerprint density at radius 3 is 2.58 bits per heavy atom. The van der Waals surface area contributed by atoms with Crippen LogP contribution in [0.15, 0.2) is 36.4 Å². The van der Waals surface area contributed by atoms with E-state index in [2.05, 4.69) is 21.0 Å². The summed E-state index contributed by atoms with van der Waals surface area (Å²) >= 11 is 0. The summed E-state index contributed by atoms with van der Waals surface area (Å²) in [7, 11) is 0. The van der Waals surface area contributed by atoms with Crippen molar-refractivity contribution < 1.29 is 23.4 Å². The van der Waals surface area contributed by atoms with Crippen molar-refractivity contribution in [2.45, 2.75) is 62.6 Å². The Balaban J connectivity index is 1.10. The normalized spacial score (nSPS) is 24.1. The smallest absolute Gasteiger partial charge is 0.319 e. The van der Waals surface area contributed by atoms with Crippen molar-refractivity contribution in [2.75, 3.05) is 50.8 Å². The molecule has 1 spiro atoms. The van der Waals surface area contributed by atoms with Gasteiger partial charge in [-0.05, 0) is 80.2 Å². The number of nitrogens with one attached hydrogen (secondary N) is 1. The van der Waals surface area contributed by atoms with E-state index in [0.717, 1.165) is 77.9 Å². The Morgan fingerprint density at radius 1 is 1.04 bits per heavy atom. The van der Waals surface area contributed by atoms with E-state index in [9.17, 15) is 9.50 Å². The van der Waals surface area contributed by atoms with Gasteiger partial charge in [-0.2, -0.15) is 9.97 Å². The van der Waals surface area contributed by atoms with Crippen LogP contribution in [0.5, 0.6) is 11.8 Å². The van der Waals surface area contributed by atoms with Gasteiger partial charge in [0.15, 0.2) is 5.82 Å². The summed E-state index contributed by atoms with van der Waals surface area (Å²) in [5, 5.41) is 15.7. The van der Waals surface area contributed by atoms with Crippen LogP contribution >= 0.6 is 0 Å². The molecule has 5 aliphatic rings. The number of phenols is 1. The monoisotopic (exact) mass is 651 g/mol. The molecule has 10 heteroatoms. The first kappa shape index (κ1) is 30.1. The number of benzene rings is 3. The molecule has 5 fully saturated rings. The molecule has 2 N–H and O–H groups in total. The van der Waals surface area contributed by atoms with Gasteiger partial charge < -0.3 is 24.8 Å². The number of aromatic nitrogens is 2. The maximum Gasteiger partial charge on any atom is 0.319 e. The third kappa shape index (κ3) is 5.15. The van der Waals surface area contributed by atoms with Gasteiger partial charge in [0.1, 0.15) is 22.9 Å². The summed E-state index contributed by atoms with van der Waals surface area (Å²) < 4.78 is 44.4. The van der Waals surface area contributed by atoms with Gasteiger partial charge in [-0.3, -0.25) is 4.90 Å². The number of halogens is 2. The van der Waals surface area contributed by atoms with Crippen molar-refractivity contribution in [1.29, 1.82) is 0 Å². The van der Waals surface area contributed by atoms with Gasteiger partial charge in [0.05, 0.1) is 24.4 Å². The number of hydrogen-bond donors (Lipinski definition) is 2. The zero-order valence-electron chi connectivity index (χ0n) is 26.9. The molecule has 4 aromatic rings. The van der Waals surface area contributed by atoms with Gasteiger partial charge in [0.25, 0.3) is 0 Å². The number of hydrogen-bond acceptors (Lipinski definition) is 8. The summed E-state index contributed by atoms with van der Waals surface area (Å²) in [6, 6.07) is 10.0. The molecule has 4 heterocycles. The lowest BCUT2D eigenvalue weighted by molar-refractivity contribution is -0.154. The number of aromatic hydroxyl groups is 1. The minimum atomic E-state index is -0.599. The number of ether oxygens (including phenoxy) is 2. The number of phenolic OH excluding ortho intramolecular Hbond substituents is 1. The number of fused-ring (bicyclic) bond motifs is 4. The molecular weight excluding hydrogens is 612 g/mol. The predicted molar refractivity (Wildman–Crippen MR) is 180 cm³/mol. The summed E-state index contributed by atoms with van der Waals surface area (Å²) in [6.45, 7) is 5.59. The lowest BCUT2D eigenvalue weighted by atomic mass is 9.78. The van der Waals surface area contributed by atoms with Crippen molar-refractivity contribution >= 4 is 27.5 Å². The molecule has 0 radical (unpaired) electrons. The van der Waals surface area contributed by atoms with Crippen LogP contribution in [0.4, 0.5) is 14.6 Å². The standard InChI is InChI=1S/C38H39F2N5O3/c1-2-27-31(39)9-4-23-16-26(46)17-30(32(23)27)28-7-8-29-34(33(28)40)42-36(43-35(29)45-18-24-5-6-25(19-45)41-24)47-22-37(12-13-37)20-44-14-15-48-38(21-44)10-3-11-38/h1,4,7-9,16-17,24-25,41,46H,3,5-6,10-15,18-22H2. The minimum absolute atomic E-state index is 0.0175. The first-order chi connectivity index (χ1) is 23.3. The molecule has 48 heavy (non-hydrogen) atoms. The topological polar surface area (TPSA) is 83.0 Å². The molecule has 9 rings (SSSR count). The van der Waals surface area contributed by atoms with E-state index in [1.54, 1.807) is 6.07 Å². The molecular formula is C38H39F2N5O3. The van der Waals surface area contributed by atoms with E-state index in [1.165, 1.54) is 30.7 Å². The van der Waals surface area contributed by atoms with Crippen LogP contribution in [-0.2, 0) is 4.74 Å². The number of rotatable bonds is 7. The molecule has 8 nitrogen and oxygen atoms in total. The van der Waals surface area contributed by atoms with Crippen LogP contribution in [0.2, 0.25) is 0 Å². The molecule has 248 valence electrons. The zero-order chi connectivity index (χ0) is 32.6. The molecule has 0 amide bonds. The van der Waals surface area contributed by atoms with Crippen LogP contribution in [0.3, 0.4) is 0 Å². The Hall–Kier alpha value is -4.04. The number of terminal acetylenes is 1. The Morgan fingerprint density at radius 2 is 1.85 bits per heavy atom. The Labute approximate surface area is 278 Å². The highest BCUT2D eigenvalue weighted by molar-refractivity contribution is 6.04. The molecule has 2 aliphatic carbocycles. The maximum absolute atomic E-state index is 16.9. The predicted octanol–water partition coefficient (Wildman–Crippen LogP) is 5.77. The highest BCUT2D eigenvalue weighted by atomic mass is 19.1. The van der Waals surface area contributed by atoms with Gasteiger partial charge in [-0.1, -0.05) is 18.1 Å². The number of morpholine rings is 1. The average Bonchev–Trinajstić information content (AvgIpc) is 3.76. The first-order valence-corrected chi connectivity index (χ1v) is 17.2. The third-order valence-electron chi connectivity index (χ3n) is 11.4. The van der Waals surface area contributed by atoms with Crippen LogP contribution in [0.1, 0.15) is 50.5 Å². The van der Waals surface area contributed by atoms with Gasteiger partial charge in [0, 0.05) is 66.6 Å². The lowest BCUT2D eigenvalue weighted by Gasteiger charge is -2.49. The van der Waals surface area contributed by atoms with E-state index in [-0.39, 0.29) is 39.4 Å². The van der Waals surface area contributed by atoms with Gasteiger partial charge in [0.2, 0.25) is 0 Å². The van der Waals surface area contributed by atoms with E-state index in [0.29, 0.717) is 46.2 Å². The third-order valence-corrected chi connectivity index (χ3v) is 11.4. The van der Waals surface area contributed by atoms with Crippen LogP contribution in [-0.4, -0.2) is 83.6 Å². The van der Waals surface area contributed by atoms with Crippen molar-refractivity contribution in [3.8, 4) is 35.2 Å². The molecule has 2 unspecified atom stereocenters. The van der Waals surface area contributed by atoms with E-state index in [4.69, 9.17) is 25.9 Å². The van der Waals surface area contributed by atoms with Gasteiger partial charge >= 0.3 is 6.01 Å². The molecule has 2 atom stereocenters. The summed E-state index contributed by atoms with van der Waals surface area (Å²) in [4.78, 5) is 14.4.